The molecule has 1 N–H and O–H groups in total. The molecule has 0 saturated carbocycles. The highest BCUT2D eigenvalue weighted by Crippen LogP contribution is 2.19. The molecule has 1 aliphatic heterocycles. The van der Waals surface area contributed by atoms with Crippen LogP contribution < -0.4 is 0 Å². The van der Waals surface area contributed by atoms with Gasteiger partial charge in [0.25, 0.3) is 5.91 Å². The minimum Gasteiger partial charge on any atom is -0.481 e. The average Bonchev–Trinajstić information content (AvgIpc) is 2.38. The van der Waals surface area contributed by atoms with Gasteiger partial charge in [0.15, 0.2) is 0 Å². The van der Waals surface area contributed by atoms with E-state index >= 15 is 0 Å². The highest BCUT2D eigenvalue weighted by atomic mass is 19.1. The van der Waals surface area contributed by atoms with Crippen LogP contribution in [0.4, 0.5) is 4.39 Å². The highest BCUT2D eigenvalue weighted by Gasteiger charge is 2.29. The summed E-state index contributed by atoms with van der Waals surface area (Å²) >= 11 is 0. The van der Waals surface area contributed by atoms with Crippen molar-refractivity contribution in [1.29, 1.82) is 0 Å². The lowest BCUT2D eigenvalue weighted by molar-refractivity contribution is -0.143. The summed E-state index contributed by atoms with van der Waals surface area (Å²) in [5, 5.41) is 8.95. The number of carboxylic acid groups (broad SMARTS) is 1. The topological polar surface area (TPSA) is 57.6 Å². The summed E-state index contributed by atoms with van der Waals surface area (Å²) in [4.78, 5) is 24.4. The van der Waals surface area contributed by atoms with Crippen LogP contribution in [0.5, 0.6) is 0 Å². The molecule has 0 aliphatic carbocycles. The SMILES string of the molecule is O=C(O)[C@H]1CCCN(C(=O)c2ccccc2F)C1. The highest BCUT2D eigenvalue weighted by molar-refractivity contribution is 5.94. The molecular weight excluding hydrogens is 237 g/mol. The maximum absolute atomic E-state index is 13.5. The Kier molecular flexibility index (Phi) is 3.60. The van der Waals surface area contributed by atoms with E-state index in [0.29, 0.717) is 19.4 Å². The van der Waals surface area contributed by atoms with Crippen molar-refractivity contribution < 1.29 is 19.1 Å². The van der Waals surface area contributed by atoms with Crippen molar-refractivity contribution in [1.82, 2.24) is 4.90 Å². The van der Waals surface area contributed by atoms with Crippen LogP contribution in [0.15, 0.2) is 24.3 Å². The van der Waals surface area contributed by atoms with E-state index in [1.807, 2.05) is 0 Å². The van der Waals surface area contributed by atoms with Gasteiger partial charge in [-0.2, -0.15) is 0 Å². The Labute approximate surface area is 104 Å². The molecule has 0 spiro atoms. The van der Waals surface area contributed by atoms with Crippen LogP contribution in [-0.2, 0) is 4.79 Å². The van der Waals surface area contributed by atoms with Crippen molar-refractivity contribution in [2.75, 3.05) is 13.1 Å². The summed E-state index contributed by atoms with van der Waals surface area (Å²) in [5.74, 6) is -2.45. The number of carbonyl (C=O) groups excluding carboxylic acids is 1. The first-order valence-electron chi connectivity index (χ1n) is 5.86. The number of piperidine rings is 1. The molecule has 0 unspecified atom stereocenters. The molecular formula is C13H14FNO3. The minimum atomic E-state index is -0.902. The van der Waals surface area contributed by atoms with Crippen LogP contribution >= 0.6 is 0 Å². The molecule has 5 heteroatoms. The Bertz CT molecular complexity index is 475. The number of amides is 1. The second-order valence-corrected chi connectivity index (χ2v) is 4.41. The molecule has 1 saturated heterocycles. The van der Waals surface area contributed by atoms with Crippen LogP contribution in [0.3, 0.4) is 0 Å². The zero-order valence-electron chi connectivity index (χ0n) is 9.80. The van der Waals surface area contributed by atoms with E-state index in [0.717, 1.165) is 0 Å². The largest absolute Gasteiger partial charge is 0.481 e. The number of aliphatic carboxylic acids is 1. The number of carbonyl (C=O) groups is 2. The van der Waals surface area contributed by atoms with Crippen LogP contribution in [-0.4, -0.2) is 35.0 Å². The van der Waals surface area contributed by atoms with Gasteiger partial charge in [-0.05, 0) is 25.0 Å². The second-order valence-electron chi connectivity index (χ2n) is 4.41. The lowest BCUT2D eigenvalue weighted by atomic mass is 9.97. The molecule has 4 nitrogen and oxygen atoms in total. The van der Waals surface area contributed by atoms with Gasteiger partial charge < -0.3 is 10.0 Å². The van der Waals surface area contributed by atoms with Gasteiger partial charge in [-0.1, -0.05) is 12.1 Å². The Morgan fingerprint density at radius 2 is 2.06 bits per heavy atom. The number of rotatable bonds is 2. The maximum atomic E-state index is 13.5. The first-order valence-corrected chi connectivity index (χ1v) is 5.86. The third-order valence-electron chi connectivity index (χ3n) is 3.16. The quantitative estimate of drug-likeness (QED) is 0.871. The number of nitrogens with zero attached hydrogens (tertiary/aromatic N) is 1. The van der Waals surface area contributed by atoms with Crippen molar-refractivity contribution in [3.63, 3.8) is 0 Å². The molecule has 0 bridgehead atoms. The molecule has 2 rings (SSSR count). The standard InChI is InChI=1S/C13H14FNO3/c14-11-6-2-1-5-10(11)12(16)15-7-3-4-9(8-15)13(17)18/h1-2,5-6,9H,3-4,7-8H2,(H,17,18)/t9-/m0/s1. The minimum absolute atomic E-state index is 0.00328. The van der Waals surface area contributed by atoms with Gasteiger partial charge in [0.2, 0.25) is 0 Å². The molecule has 0 radical (unpaired) electrons. The molecule has 1 atom stereocenters. The number of likely N-dealkylation sites (tertiary alicyclic amines) is 1. The van der Waals surface area contributed by atoms with Gasteiger partial charge >= 0.3 is 5.97 Å². The van der Waals surface area contributed by atoms with Gasteiger partial charge in [0.1, 0.15) is 5.82 Å². The van der Waals surface area contributed by atoms with Crippen molar-refractivity contribution in [2.24, 2.45) is 5.92 Å². The lowest BCUT2D eigenvalue weighted by Crippen LogP contribution is -2.42. The summed E-state index contributed by atoms with van der Waals surface area (Å²) in [6.07, 6.45) is 1.20. The van der Waals surface area contributed by atoms with Gasteiger partial charge in [0, 0.05) is 13.1 Å². The predicted octanol–water partition coefficient (Wildman–Crippen LogP) is 1.76. The zero-order valence-corrected chi connectivity index (χ0v) is 9.80. The smallest absolute Gasteiger partial charge is 0.308 e. The molecule has 1 aliphatic rings. The third kappa shape index (κ3) is 2.50. The van der Waals surface area contributed by atoms with Crippen LogP contribution in [0.1, 0.15) is 23.2 Å². The number of benzene rings is 1. The molecule has 96 valence electrons. The number of hydrogen-bond donors (Lipinski definition) is 1. The average molecular weight is 251 g/mol. The number of halogens is 1. The molecule has 18 heavy (non-hydrogen) atoms. The Balaban J connectivity index is 2.14. The molecule has 1 amide bonds. The Morgan fingerprint density at radius 1 is 1.33 bits per heavy atom. The fraction of sp³-hybridized carbons (Fsp3) is 0.385. The van der Waals surface area contributed by atoms with Gasteiger partial charge in [-0.3, -0.25) is 9.59 Å². The summed E-state index contributed by atoms with van der Waals surface area (Å²) in [5.41, 5.74) is 0.00328. The van der Waals surface area contributed by atoms with E-state index in [-0.39, 0.29) is 12.1 Å². The van der Waals surface area contributed by atoms with E-state index < -0.39 is 23.6 Å². The normalized spacial score (nSPS) is 19.6. The molecule has 0 aromatic heterocycles. The lowest BCUT2D eigenvalue weighted by Gasteiger charge is -2.30. The third-order valence-corrected chi connectivity index (χ3v) is 3.16. The summed E-state index contributed by atoms with van der Waals surface area (Å²) in [6, 6.07) is 5.76. The number of hydrogen-bond acceptors (Lipinski definition) is 2. The summed E-state index contributed by atoms with van der Waals surface area (Å²) in [7, 11) is 0. The first kappa shape index (κ1) is 12.5. The van der Waals surface area contributed by atoms with E-state index in [1.165, 1.54) is 23.1 Å². The number of carboxylic acids is 1. The Morgan fingerprint density at radius 3 is 2.72 bits per heavy atom. The molecule has 1 aromatic carbocycles. The summed E-state index contributed by atoms with van der Waals surface area (Å²) in [6.45, 7) is 0.638. The van der Waals surface area contributed by atoms with Crippen molar-refractivity contribution in [3.8, 4) is 0 Å². The van der Waals surface area contributed by atoms with Crippen molar-refractivity contribution in [3.05, 3.63) is 35.6 Å². The second kappa shape index (κ2) is 5.16. The monoisotopic (exact) mass is 251 g/mol. The molecule has 1 fully saturated rings. The predicted molar refractivity (Wildman–Crippen MR) is 62.7 cm³/mol. The first-order chi connectivity index (χ1) is 8.59. The maximum Gasteiger partial charge on any atom is 0.308 e. The van der Waals surface area contributed by atoms with Crippen LogP contribution in [0.2, 0.25) is 0 Å². The van der Waals surface area contributed by atoms with E-state index in [4.69, 9.17) is 5.11 Å². The van der Waals surface area contributed by atoms with Gasteiger partial charge in [0.05, 0.1) is 11.5 Å². The fourth-order valence-corrected chi connectivity index (χ4v) is 2.17. The van der Waals surface area contributed by atoms with E-state index in [1.54, 1.807) is 6.07 Å². The summed E-state index contributed by atoms with van der Waals surface area (Å²) < 4.78 is 13.5. The molecule has 1 aromatic rings. The van der Waals surface area contributed by atoms with Crippen molar-refractivity contribution >= 4 is 11.9 Å². The fourth-order valence-electron chi connectivity index (χ4n) is 2.17. The zero-order chi connectivity index (χ0) is 13.1. The van der Waals surface area contributed by atoms with Crippen LogP contribution in [0, 0.1) is 11.7 Å². The Hall–Kier alpha value is -1.91. The van der Waals surface area contributed by atoms with Crippen LogP contribution in [0.25, 0.3) is 0 Å². The van der Waals surface area contributed by atoms with Gasteiger partial charge in [-0.15, -0.1) is 0 Å². The van der Waals surface area contributed by atoms with Gasteiger partial charge in [-0.25, -0.2) is 4.39 Å². The van der Waals surface area contributed by atoms with E-state index in [2.05, 4.69) is 0 Å². The van der Waals surface area contributed by atoms with Crippen molar-refractivity contribution in [2.45, 2.75) is 12.8 Å². The molecule has 1 heterocycles. The van der Waals surface area contributed by atoms with E-state index in [9.17, 15) is 14.0 Å².